The van der Waals surface area contributed by atoms with Crippen LogP contribution in [0.15, 0.2) is 28.3 Å². The van der Waals surface area contributed by atoms with Crippen molar-refractivity contribution in [1.82, 2.24) is 0 Å². The maximum absolute atomic E-state index is 14.3. The molecule has 0 heterocycles. The molecule has 0 aliphatic heterocycles. The van der Waals surface area contributed by atoms with Crippen LogP contribution in [-0.4, -0.2) is 23.2 Å². The van der Waals surface area contributed by atoms with Crippen molar-refractivity contribution in [2.24, 2.45) is 49.8 Å². The molecule has 0 bridgehead atoms. The van der Waals surface area contributed by atoms with E-state index in [1.165, 1.54) is 0 Å². The first kappa shape index (κ1) is 25.3. The van der Waals surface area contributed by atoms with E-state index in [1.807, 2.05) is 32.1 Å². The van der Waals surface area contributed by atoms with Crippen molar-refractivity contribution in [2.45, 2.75) is 99.0 Å². The minimum absolute atomic E-state index is 0.0173. The Morgan fingerprint density at radius 2 is 1.64 bits per heavy atom. The summed E-state index contributed by atoms with van der Waals surface area (Å²) in [6, 6.07) is 2.17. The summed E-state index contributed by atoms with van der Waals surface area (Å²) in [4.78, 5) is 43.5. The average molecular weight is 489 g/mol. The number of isocyanates is 1. The van der Waals surface area contributed by atoms with Crippen LogP contribution < -0.4 is 0 Å². The van der Waals surface area contributed by atoms with Crippen LogP contribution in [-0.2, 0) is 14.4 Å². The van der Waals surface area contributed by atoms with Crippen molar-refractivity contribution in [2.75, 3.05) is 0 Å². The van der Waals surface area contributed by atoms with Crippen LogP contribution in [0.2, 0.25) is 0 Å². The molecule has 36 heavy (non-hydrogen) atoms. The van der Waals surface area contributed by atoms with E-state index in [0.29, 0.717) is 0 Å². The lowest BCUT2D eigenvalue weighted by Crippen LogP contribution is -2.66. The van der Waals surface area contributed by atoms with Gasteiger partial charge in [0.15, 0.2) is 11.6 Å². The Kier molecular flexibility index (Phi) is 5.20. The second-order valence-corrected chi connectivity index (χ2v) is 14.6. The van der Waals surface area contributed by atoms with Crippen molar-refractivity contribution < 1.29 is 14.4 Å². The first-order chi connectivity index (χ1) is 16.6. The minimum Gasteiger partial charge on any atom is -0.295 e. The third-order valence-electron chi connectivity index (χ3n) is 12.1. The molecule has 0 N–H and O–H groups in total. The van der Waals surface area contributed by atoms with Crippen LogP contribution >= 0.6 is 0 Å². The zero-order valence-corrected chi connectivity index (χ0v) is 23.0. The van der Waals surface area contributed by atoms with Gasteiger partial charge >= 0.3 is 0 Å². The highest BCUT2D eigenvalue weighted by molar-refractivity contribution is 6.04. The second kappa shape index (κ2) is 7.38. The fraction of sp³-hybridized carbons (Fsp3) is 0.742. The second-order valence-electron chi connectivity index (χ2n) is 14.6. The van der Waals surface area contributed by atoms with Crippen molar-refractivity contribution in [3.8, 4) is 6.07 Å². The summed E-state index contributed by atoms with van der Waals surface area (Å²) in [7, 11) is 0. The maximum Gasteiger partial charge on any atom is 0.235 e. The van der Waals surface area contributed by atoms with E-state index in [-0.39, 0.29) is 51.1 Å². The van der Waals surface area contributed by atoms with Gasteiger partial charge in [0.1, 0.15) is 6.07 Å². The first-order valence-electron chi connectivity index (χ1n) is 13.7. The molecule has 0 aromatic rings. The molecular weight excluding hydrogens is 448 g/mol. The van der Waals surface area contributed by atoms with Gasteiger partial charge < -0.3 is 0 Å². The molecule has 0 aromatic heterocycles. The van der Waals surface area contributed by atoms with E-state index in [9.17, 15) is 19.6 Å². The van der Waals surface area contributed by atoms with E-state index in [0.717, 1.165) is 50.5 Å². The molecule has 0 aromatic carbocycles. The minimum atomic E-state index is -0.661. The van der Waals surface area contributed by atoms with Crippen LogP contribution in [0.1, 0.15) is 93.4 Å². The molecule has 7 atom stereocenters. The fourth-order valence-electron chi connectivity index (χ4n) is 9.89. The van der Waals surface area contributed by atoms with Gasteiger partial charge in [-0.25, -0.2) is 4.79 Å². The monoisotopic (exact) mass is 488 g/mol. The average Bonchev–Trinajstić information content (AvgIpc) is 2.79. The van der Waals surface area contributed by atoms with Crippen molar-refractivity contribution >= 4 is 17.6 Å². The van der Waals surface area contributed by atoms with Gasteiger partial charge in [0.25, 0.3) is 0 Å². The summed E-state index contributed by atoms with van der Waals surface area (Å²) >= 11 is 0. The zero-order chi connectivity index (χ0) is 26.5. The van der Waals surface area contributed by atoms with Gasteiger partial charge in [0.05, 0.1) is 11.1 Å². The number of Topliss-reactive ketones (excluding diaryl/α,β-unsaturated/α-hetero) is 1. The van der Waals surface area contributed by atoms with Gasteiger partial charge in [-0.15, -0.1) is 0 Å². The summed E-state index contributed by atoms with van der Waals surface area (Å²) in [6.07, 6.45) is 11.8. The van der Waals surface area contributed by atoms with E-state index in [2.05, 4.69) is 45.7 Å². The molecule has 192 valence electrons. The standard InChI is InChI=1S/C31H40N2O3/c1-26(2)10-12-31(33-18-34)13-11-30(7)24(20(31)16-26)21(35)14-23-28(5)15-19(17-32)25(36)27(3,4)22(28)8-9-29(23,30)6/h14-15,20,22,24H,8-13,16H2,1-7H3/t20?,22-,24?,28-,29+,30+,31?/m0/s1. The molecule has 0 spiro atoms. The molecule has 0 radical (unpaired) electrons. The van der Waals surface area contributed by atoms with E-state index < -0.39 is 16.4 Å². The van der Waals surface area contributed by atoms with Gasteiger partial charge in [-0.3, -0.25) is 9.59 Å². The predicted molar refractivity (Wildman–Crippen MR) is 137 cm³/mol. The Balaban J connectivity index is 1.71. The Morgan fingerprint density at radius 1 is 0.972 bits per heavy atom. The number of nitriles is 1. The first-order valence-corrected chi connectivity index (χ1v) is 13.7. The summed E-state index contributed by atoms with van der Waals surface area (Å²) < 4.78 is 0. The zero-order valence-electron chi connectivity index (χ0n) is 23.0. The summed E-state index contributed by atoms with van der Waals surface area (Å²) in [5.41, 5.74) is -0.793. The Bertz CT molecular complexity index is 1210. The largest absolute Gasteiger partial charge is 0.295 e. The molecule has 5 aliphatic carbocycles. The molecular formula is C31H40N2O3. The third-order valence-corrected chi connectivity index (χ3v) is 12.1. The van der Waals surface area contributed by atoms with Gasteiger partial charge in [-0.2, -0.15) is 10.3 Å². The van der Waals surface area contributed by atoms with Crippen LogP contribution in [0.4, 0.5) is 0 Å². The highest BCUT2D eigenvalue weighted by Crippen LogP contribution is 2.73. The third kappa shape index (κ3) is 2.94. The van der Waals surface area contributed by atoms with Crippen molar-refractivity contribution in [1.29, 1.82) is 5.26 Å². The molecule has 5 rings (SSSR count). The van der Waals surface area contributed by atoms with Crippen LogP contribution in [0.25, 0.3) is 0 Å². The Hall–Kier alpha value is -2.31. The van der Waals surface area contributed by atoms with Crippen molar-refractivity contribution in [3.05, 3.63) is 23.3 Å². The lowest BCUT2D eigenvalue weighted by atomic mass is 9.35. The number of nitrogens with zero attached hydrogens (tertiary/aromatic N) is 2. The number of fused-ring (bicyclic) bond motifs is 7. The molecule has 0 saturated heterocycles. The molecule has 3 unspecified atom stereocenters. The molecule has 5 heteroatoms. The normalized spacial score (nSPS) is 46.4. The smallest absolute Gasteiger partial charge is 0.235 e. The number of rotatable bonds is 1. The Labute approximate surface area is 215 Å². The number of ketones is 2. The number of carbonyl (C=O) groups is 2. The molecule has 0 amide bonds. The van der Waals surface area contributed by atoms with Gasteiger partial charge in [0.2, 0.25) is 6.08 Å². The SMILES string of the molecule is CC1(C)CCC2(N=C=O)CC[C@]3(C)C(C(=O)C=C4[C@@]5(C)C=C(C#N)C(=O)C(C)(C)[C@@H]5CC[C@]43C)C2C1. The van der Waals surface area contributed by atoms with Crippen LogP contribution in [0.3, 0.4) is 0 Å². The van der Waals surface area contributed by atoms with Crippen LogP contribution in [0, 0.1) is 56.2 Å². The summed E-state index contributed by atoms with van der Waals surface area (Å²) in [5, 5.41) is 9.84. The lowest BCUT2D eigenvalue weighted by molar-refractivity contribution is -0.158. The highest BCUT2D eigenvalue weighted by atomic mass is 16.1. The van der Waals surface area contributed by atoms with E-state index in [1.54, 1.807) is 0 Å². The van der Waals surface area contributed by atoms with Gasteiger partial charge in [-0.05, 0) is 79.1 Å². The molecule has 3 saturated carbocycles. The molecule has 5 nitrogen and oxygen atoms in total. The topological polar surface area (TPSA) is 87.4 Å². The fourth-order valence-corrected chi connectivity index (χ4v) is 9.89. The summed E-state index contributed by atoms with van der Waals surface area (Å²) in [6.45, 7) is 15.3. The van der Waals surface area contributed by atoms with Gasteiger partial charge in [0, 0.05) is 16.7 Å². The number of hydrogen-bond donors (Lipinski definition) is 0. The summed E-state index contributed by atoms with van der Waals surface area (Å²) in [5.74, 6) is -0.0844. The lowest BCUT2D eigenvalue weighted by Gasteiger charge is -2.68. The molecule has 3 fully saturated rings. The number of carbonyl (C=O) groups excluding carboxylic acids is 3. The number of aliphatic imine (C=N–C) groups is 1. The molecule has 5 aliphatic rings. The predicted octanol–water partition coefficient (Wildman–Crippen LogP) is 6.29. The van der Waals surface area contributed by atoms with E-state index in [4.69, 9.17) is 0 Å². The quantitative estimate of drug-likeness (QED) is 0.320. The van der Waals surface area contributed by atoms with Crippen molar-refractivity contribution in [3.63, 3.8) is 0 Å². The van der Waals surface area contributed by atoms with E-state index >= 15 is 0 Å². The van der Waals surface area contributed by atoms with Crippen LogP contribution in [0.5, 0.6) is 0 Å². The highest BCUT2D eigenvalue weighted by Gasteiger charge is 2.70. The number of allylic oxidation sites excluding steroid dienone is 4. The number of hydrogen-bond acceptors (Lipinski definition) is 5. The maximum atomic E-state index is 14.3. The Morgan fingerprint density at radius 3 is 2.28 bits per heavy atom. The van der Waals surface area contributed by atoms with Gasteiger partial charge in [-0.1, -0.05) is 60.1 Å².